The van der Waals surface area contributed by atoms with Crippen LogP contribution in [0.5, 0.6) is 0 Å². The Morgan fingerprint density at radius 2 is 2.00 bits per heavy atom. The van der Waals surface area contributed by atoms with Crippen molar-refractivity contribution in [2.45, 2.75) is 6.18 Å². The number of hydrogen-bond donors (Lipinski definition) is 4. The number of amides is 1. The van der Waals surface area contributed by atoms with Crippen molar-refractivity contribution in [1.29, 1.82) is 0 Å². The van der Waals surface area contributed by atoms with E-state index in [1.807, 2.05) is 5.43 Å². The zero-order chi connectivity index (χ0) is 14.5. The number of nitrogens with two attached hydrogens (primary N) is 2. The van der Waals surface area contributed by atoms with Gasteiger partial charge in [0.15, 0.2) is 0 Å². The summed E-state index contributed by atoms with van der Waals surface area (Å²) < 4.78 is 41.8. The molecule has 0 aliphatic carbocycles. The molecule has 19 heavy (non-hydrogen) atoms. The van der Waals surface area contributed by atoms with Crippen molar-refractivity contribution in [1.82, 2.24) is 9.97 Å². The van der Waals surface area contributed by atoms with E-state index < -0.39 is 18.1 Å². The number of halogens is 3. The minimum Gasteiger partial charge on any atom is -0.448 e. The van der Waals surface area contributed by atoms with Gasteiger partial charge in [-0.25, -0.2) is 20.6 Å². The molecule has 0 fully saturated rings. The van der Waals surface area contributed by atoms with Gasteiger partial charge in [-0.2, -0.15) is 13.2 Å². The molecule has 0 aliphatic heterocycles. The van der Waals surface area contributed by atoms with Crippen LogP contribution in [0.15, 0.2) is 6.07 Å². The van der Waals surface area contributed by atoms with Crippen LogP contribution < -0.4 is 22.3 Å². The number of rotatable bonds is 5. The van der Waals surface area contributed by atoms with Gasteiger partial charge < -0.3 is 21.2 Å². The van der Waals surface area contributed by atoms with Crippen LogP contribution in [0.1, 0.15) is 5.82 Å². The second-order valence-electron chi connectivity index (χ2n) is 3.20. The molecule has 0 bridgehead atoms. The standard InChI is InChI=1S/C8H11F3N6O2/c9-8(10,11)6-15-4(3-5(16-6)17-13)14-1-2-19-7(12)18/h3H,1-2,13H2,(H2,12,18)(H2,14,15,16,17). The molecule has 11 heteroatoms. The van der Waals surface area contributed by atoms with Gasteiger partial charge in [-0.05, 0) is 0 Å². The number of ether oxygens (including phenoxy) is 1. The van der Waals surface area contributed by atoms with Crippen LogP contribution in [-0.4, -0.2) is 29.2 Å². The lowest BCUT2D eigenvalue weighted by molar-refractivity contribution is -0.144. The second-order valence-corrected chi connectivity index (χ2v) is 3.20. The molecule has 0 aromatic carbocycles. The maximum atomic E-state index is 12.5. The number of nitrogen functional groups attached to an aromatic ring is 1. The predicted molar refractivity (Wildman–Crippen MR) is 58.9 cm³/mol. The van der Waals surface area contributed by atoms with Crippen LogP contribution in [-0.2, 0) is 10.9 Å². The van der Waals surface area contributed by atoms with Crippen molar-refractivity contribution in [2.24, 2.45) is 11.6 Å². The summed E-state index contributed by atoms with van der Waals surface area (Å²) in [5.41, 5.74) is 6.70. The number of aromatic nitrogens is 2. The molecule has 1 heterocycles. The first kappa shape index (κ1) is 14.8. The fraction of sp³-hybridized carbons (Fsp3) is 0.375. The van der Waals surface area contributed by atoms with Crippen molar-refractivity contribution in [3.63, 3.8) is 0 Å². The summed E-state index contributed by atoms with van der Waals surface area (Å²) >= 11 is 0. The average molecular weight is 280 g/mol. The van der Waals surface area contributed by atoms with Crippen LogP contribution in [0.25, 0.3) is 0 Å². The van der Waals surface area contributed by atoms with E-state index in [-0.39, 0.29) is 24.8 Å². The minimum absolute atomic E-state index is 0.0290. The van der Waals surface area contributed by atoms with E-state index in [1.54, 1.807) is 0 Å². The minimum atomic E-state index is -4.70. The van der Waals surface area contributed by atoms with E-state index >= 15 is 0 Å². The number of anilines is 2. The highest BCUT2D eigenvalue weighted by Gasteiger charge is 2.35. The summed E-state index contributed by atoms with van der Waals surface area (Å²) in [5, 5.41) is 2.51. The van der Waals surface area contributed by atoms with Crippen molar-refractivity contribution in [3.8, 4) is 0 Å². The Morgan fingerprint density at radius 1 is 1.37 bits per heavy atom. The predicted octanol–water partition coefficient (Wildman–Crippen LogP) is 0.288. The van der Waals surface area contributed by atoms with Gasteiger partial charge in [0.25, 0.3) is 0 Å². The van der Waals surface area contributed by atoms with E-state index in [0.29, 0.717) is 0 Å². The molecule has 0 unspecified atom stereocenters. The molecule has 1 aromatic rings. The van der Waals surface area contributed by atoms with Gasteiger partial charge in [-0.1, -0.05) is 0 Å². The van der Waals surface area contributed by atoms with Crippen molar-refractivity contribution in [3.05, 3.63) is 11.9 Å². The second kappa shape index (κ2) is 6.04. The maximum Gasteiger partial charge on any atom is 0.451 e. The molecule has 0 spiro atoms. The van der Waals surface area contributed by atoms with Gasteiger partial charge in [0.05, 0.1) is 6.54 Å². The van der Waals surface area contributed by atoms with Gasteiger partial charge >= 0.3 is 12.3 Å². The van der Waals surface area contributed by atoms with Gasteiger partial charge in [0.2, 0.25) is 5.82 Å². The van der Waals surface area contributed by atoms with Crippen molar-refractivity contribution in [2.75, 3.05) is 23.9 Å². The zero-order valence-corrected chi connectivity index (χ0v) is 9.49. The van der Waals surface area contributed by atoms with Crippen LogP contribution in [0.2, 0.25) is 0 Å². The molecule has 0 saturated carbocycles. The number of hydrazine groups is 1. The molecule has 1 amide bonds. The Hall–Kier alpha value is -2.30. The third kappa shape index (κ3) is 4.83. The zero-order valence-electron chi connectivity index (χ0n) is 9.49. The maximum absolute atomic E-state index is 12.5. The molecular formula is C8H11F3N6O2. The third-order valence-electron chi connectivity index (χ3n) is 1.78. The molecule has 0 saturated heterocycles. The highest BCUT2D eigenvalue weighted by molar-refractivity contribution is 5.64. The van der Waals surface area contributed by atoms with Gasteiger partial charge in [0.1, 0.15) is 18.2 Å². The topological polar surface area (TPSA) is 128 Å². The number of nitrogens with zero attached hydrogens (tertiary/aromatic N) is 2. The summed E-state index contributed by atoms with van der Waals surface area (Å²) in [6.07, 6.45) is -5.68. The highest BCUT2D eigenvalue weighted by Crippen LogP contribution is 2.28. The van der Waals surface area contributed by atoms with Crippen molar-refractivity contribution < 1.29 is 22.7 Å². The lowest BCUT2D eigenvalue weighted by Crippen LogP contribution is -2.20. The number of nitrogens with one attached hydrogen (secondary N) is 2. The number of alkyl halides is 3. The molecule has 8 nitrogen and oxygen atoms in total. The number of carbonyl (C=O) groups is 1. The average Bonchev–Trinajstić information content (AvgIpc) is 2.33. The molecule has 0 aliphatic rings. The van der Waals surface area contributed by atoms with Gasteiger partial charge in [0, 0.05) is 6.07 Å². The van der Waals surface area contributed by atoms with Gasteiger partial charge in [-0.15, -0.1) is 0 Å². The molecule has 0 atom stereocenters. The fourth-order valence-corrected chi connectivity index (χ4v) is 1.07. The van der Waals surface area contributed by atoms with Crippen LogP contribution in [0.4, 0.5) is 29.6 Å². The van der Waals surface area contributed by atoms with Crippen LogP contribution >= 0.6 is 0 Å². The number of primary amides is 1. The largest absolute Gasteiger partial charge is 0.451 e. The summed E-state index contributed by atoms with van der Waals surface area (Å²) in [5.74, 6) is 3.33. The van der Waals surface area contributed by atoms with E-state index in [2.05, 4.69) is 20.0 Å². The normalized spacial score (nSPS) is 10.9. The molecule has 106 valence electrons. The van der Waals surface area contributed by atoms with E-state index in [4.69, 9.17) is 11.6 Å². The molecular weight excluding hydrogens is 269 g/mol. The number of hydrogen-bond acceptors (Lipinski definition) is 7. The Balaban J connectivity index is 2.74. The van der Waals surface area contributed by atoms with E-state index in [0.717, 1.165) is 0 Å². The Kier molecular flexibility index (Phi) is 4.69. The monoisotopic (exact) mass is 280 g/mol. The summed E-state index contributed by atoms with van der Waals surface area (Å²) in [4.78, 5) is 16.7. The van der Waals surface area contributed by atoms with E-state index in [9.17, 15) is 18.0 Å². The quantitative estimate of drug-likeness (QED) is 0.346. The van der Waals surface area contributed by atoms with Crippen LogP contribution in [0, 0.1) is 0 Å². The highest BCUT2D eigenvalue weighted by atomic mass is 19.4. The first-order chi connectivity index (χ1) is 8.82. The summed E-state index contributed by atoms with van der Waals surface area (Å²) in [7, 11) is 0. The van der Waals surface area contributed by atoms with Gasteiger partial charge in [-0.3, -0.25) is 0 Å². The van der Waals surface area contributed by atoms with Crippen LogP contribution in [0.3, 0.4) is 0 Å². The molecule has 1 rings (SSSR count). The lowest BCUT2D eigenvalue weighted by Gasteiger charge is -2.11. The molecule has 1 aromatic heterocycles. The van der Waals surface area contributed by atoms with E-state index in [1.165, 1.54) is 6.07 Å². The Labute approximate surface area is 105 Å². The Bertz CT molecular complexity index is 453. The fourth-order valence-electron chi connectivity index (χ4n) is 1.07. The SMILES string of the molecule is NNc1cc(NCCOC(N)=O)nc(C(F)(F)F)n1. The smallest absolute Gasteiger partial charge is 0.448 e. The summed E-state index contributed by atoms with van der Waals surface area (Å²) in [6, 6.07) is 1.17. The molecule has 0 radical (unpaired) electrons. The third-order valence-corrected chi connectivity index (χ3v) is 1.78. The first-order valence-electron chi connectivity index (χ1n) is 4.92. The lowest BCUT2D eigenvalue weighted by atomic mass is 10.4. The first-order valence-corrected chi connectivity index (χ1v) is 4.92. The van der Waals surface area contributed by atoms with Crippen molar-refractivity contribution >= 4 is 17.7 Å². The summed E-state index contributed by atoms with van der Waals surface area (Å²) in [6.45, 7) is -0.0899. The Morgan fingerprint density at radius 3 is 2.53 bits per heavy atom. The number of carbonyl (C=O) groups excluding carboxylic acids is 1. The molecule has 6 N–H and O–H groups in total.